The number of ether oxygens (including phenoxy) is 4. The Morgan fingerprint density at radius 2 is 1.21 bits per heavy atom. The van der Waals surface area contributed by atoms with Gasteiger partial charge in [0.1, 0.15) is 12.2 Å². The number of carbonyl (C=O) groups excluding carboxylic acids is 2. The number of hydrogen-bond donors (Lipinski definition) is 0. The highest BCUT2D eigenvalue weighted by Gasteiger charge is 2.51. The summed E-state index contributed by atoms with van der Waals surface area (Å²) in [6.07, 6.45) is 16.9. The van der Waals surface area contributed by atoms with Gasteiger partial charge in [-0.15, -0.1) is 12.8 Å². The molecule has 0 aliphatic carbocycles. The zero-order valence-electron chi connectivity index (χ0n) is 17.0. The van der Waals surface area contributed by atoms with E-state index in [1.165, 1.54) is 0 Å². The molecule has 0 N–H and O–H groups in total. The number of carbonyl (C=O) groups is 2. The molecule has 2 fully saturated rings. The quantitative estimate of drug-likeness (QED) is 0.423. The average Bonchev–Trinajstić information content (AvgIpc) is 3.10. The lowest BCUT2D eigenvalue weighted by Crippen LogP contribution is -2.37. The molecular formula is C20H30O6S2. The van der Waals surface area contributed by atoms with E-state index in [4.69, 9.17) is 31.8 Å². The van der Waals surface area contributed by atoms with Crippen molar-refractivity contribution in [2.24, 2.45) is 0 Å². The van der Waals surface area contributed by atoms with Crippen LogP contribution in [0, 0.1) is 24.7 Å². The molecule has 2 heterocycles. The van der Waals surface area contributed by atoms with Crippen LogP contribution in [0.25, 0.3) is 0 Å². The fourth-order valence-corrected chi connectivity index (χ4v) is 5.75. The topological polar surface area (TPSA) is 71.1 Å². The molecule has 0 saturated carbocycles. The normalized spacial score (nSPS) is 27.9. The van der Waals surface area contributed by atoms with Gasteiger partial charge in [-0.2, -0.15) is 0 Å². The van der Waals surface area contributed by atoms with E-state index in [1.54, 1.807) is 0 Å². The van der Waals surface area contributed by atoms with Gasteiger partial charge in [0.15, 0.2) is 12.2 Å². The third kappa shape index (κ3) is 6.35. The first-order chi connectivity index (χ1) is 13.1. The van der Waals surface area contributed by atoms with Crippen LogP contribution in [0.4, 0.5) is 0 Å². The summed E-state index contributed by atoms with van der Waals surface area (Å²) in [5, 5.41) is 0. The van der Waals surface area contributed by atoms with Crippen molar-refractivity contribution in [1.29, 1.82) is 0 Å². The summed E-state index contributed by atoms with van der Waals surface area (Å²) >= 11 is 0. The van der Waals surface area contributed by atoms with E-state index in [9.17, 15) is 9.59 Å². The Morgan fingerprint density at radius 3 is 1.54 bits per heavy atom. The molecule has 0 radical (unpaired) electrons. The Bertz CT molecular complexity index is 617. The van der Waals surface area contributed by atoms with Gasteiger partial charge in [-0.3, -0.25) is 9.59 Å². The highest BCUT2D eigenvalue weighted by Crippen LogP contribution is 2.40. The molecule has 2 saturated heterocycles. The molecule has 0 spiro atoms. The van der Waals surface area contributed by atoms with Gasteiger partial charge >= 0.3 is 11.9 Å². The molecule has 0 bridgehead atoms. The number of fused-ring (bicyclic) bond motifs is 1. The van der Waals surface area contributed by atoms with Crippen LogP contribution >= 0.6 is 20.1 Å². The zero-order valence-corrected chi connectivity index (χ0v) is 18.6. The van der Waals surface area contributed by atoms with Crippen molar-refractivity contribution in [2.75, 3.05) is 61.2 Å². The number of rotatable bonds is 8. The molecule has 0 aromatic heterocycles. The molecule has 158 valence electrons. The van der Waals surface area contributed by atoms with E-state index in [0.29, 0.717) is 23.0 Å². The van der Waals surface area contributed by atoms with Crippen molar-refractivity contribution in [2.45, 2.75) is 24.4 Å². The molecule has 0 amide bonds. The van der Waals surface area contributed by atoms with Crippen molar-refractivity contribution >= 4 is 32.0 Å². The first kappa shape index (κ1) is 23.0. The standard InChI is InChI=1S/C20H30O6S2/c1-7-9-27(3,4)13-17(21)25-15-11-23-20-16(12-24-19(15)20)26-18(22)14-28(5,6)10-8-2/h1-2,15-16,19-20H,9-14H2,3-6H3/t15-,16+,19-,20-/m1/s1. The third-order valence-electron chi connectivity index (χ3n) is 4.49. The molecule has 2 aliphatic rings. The summed E-state index contributed by atoms with van der Waals surface area (Å²) in [5.41, 5.74) is 0. The van der Waals surface area contributed by atoms with Gasteiger partial charge in [0, 0.05) is 11.5 Å². The predicted octanol–water partition coefficient (Wildman–Crippen LogP) is 1.00. The molecule has 0 aromatic rings. The largest absolute Gasteiger partial charge is 0.456 e. The van der Waals surface area contributed by atoms with E-state index in [2.05, 4.69) is 11.8 Å². The fraction of sp³-hybridized carbons (Fsp3) is 0.700. The predicted molar refractivity (Wildman–Crippen MR) is 115 cm³/mol. The Balaban J connectivity index is 1.85. The fourth-order valence-electron chi connectivity index (χ4n) is 3.23. The van der Waals surface area contributed by atoms with E-state index in [-0.39, 0.29) is 25.2 Å². The lowest BCUT2D eigenvalue weighted by Gasteiger charge is -2.28. The minimum atomic E-state index is -1.22. The molecule has 0 aromatic carbocycles. The van der Waals surface area contributed by atoms with Crippen molar-refractivity contribution in [3.63, 3.8) is 0 Å². The van der Waals surface area contributed by atoms with Crippen molar-refractivity contribution < 1.29 is 28.5 Å². The highest BCUT2D eigenvalue weighted by molar-refractivity contribution is 8.33. The van der Waals surface area contributed by atoms with E-state index >= 15 is 0 Å². The van der Waals surface area contributed by atoms with Crippen LogP contribution in [0.15, 0.2) is 0 Å². The van der Waals surface area contributed by atoms with Crippen LogP contribution in [-0.2, 0) is 28.5 Å². The van der Waals surface area contributed by atoms with E-state index < -0.39 is 44.5 Å². The summed E-state index contributed by atoms with van der Waals surface area (Å²) < 4.78 is 22.6. The van der Waals surface area contributed by atoms with Gasteiger partial charge < -0.3 is 18.9 Å². The van der Waals surface area contributed by atoms with Crippen molar-refractivity contribution in [1.82, 2.24) is 0 Å². The minimum absolute atomic E-state index is 0.230. The minimum Gasteiger partial charge on any atom is -0.456 e. The number of terminal acetylenes is 2. The molecule has 6 nitrogen and oxygen atoms in total. The monoisotopic (exact) mass is 430 g/mol. The molecule has 28 heavy (non-hydrogen) atoms. The van der Waals surface area contributed by atoms with Crippen LogP contribution in [0.1, 0.15) is 0 Å². The summed E-state index contributed by atoms with van der Waals surface area (Å²) in [5.74, 6) is 6.38. The number of esters is 2. The first-order valence-electron chi connectivity index (χ1n) is 8.93. The van der Waals surface area contributed by atoms with Gasteiger partial charge in [-0.25, -0.2) is 20.1 Å². The zero-order chi connectivity index (χ0) is 20.9. The number of hydrogen-bond acceptors (Lipinski definition) is 6. The van der Waals surface area contributed by atoms with Crippen LogP contribution < -0.4 is 0 Å². The molecule has 4 atom stereocenters. The second kappa shape index (κ2) is 9.45. The van der Waals surface area contributed by atoms with Crippen LogP contribution in [0.2, 0.25) is 0 Å². The lowest BCUT2D eigenvalue weighted by atomic mass is 10.1. The summed E-state index contributed by atoms with van der Waals surface area (Å²) in [7, 11) is -2.43. The van der Waals surface area contributed by atoms with Crippen molar-refractivity contribution in [3.8, 4) is 24.7 Å². The second-order valence-corrected chi connectivity index (χ2v) is 16.4. The Labute approximate surface area is 171 Å². The smallest absolute Gasteiger partial charge is 0.314 e. The van der Waals surface area contributed by atoms with Crippen LogP contribution in [0.5, 0.6) is 0 Å². The average molecular weight is 431 g/mol. The second-order valence-electron chi connectivity index (χ2n) is 8.17. The van der Waals surface area contributed by atoms with Gasteiger partial charge in [0.2, 0.25) is 0 Å². The van der Waals surface area contributed by atoms with Crippen LogP contribution in [-0.4, -0.2) is 97.6 Å². The Hall–Kier alpha value is -1.32. The summed E-state index contributed by atoms with van der Waals surface area (Å²) in [4.78, 5) is 24.6. The van der Waals surface area contributed by atoms with Gasteiger partial charge in [-0.05, 0) is 25.0 Å². The van der Waals surface area contributed by atoms with Gasteiger partial charge in [0.25, 0.3) is 0 Å². The van der Waals surface area contributed by atoms with Gasteiger partial charge in [0.05, 0.1) is 24.7 Å². The Morgan fingerprint density at radius 1 is 0.857 bits per heavy atom. The van der Waals surface area contributed by atoms with Gasteiger partial charge in [-0.1, -0.05) is 11.8 Å². The SMILES string of the molecule is C#CCS(C)(C)CC(=O)O[C@H]1CO[C@H]2[C@@H]1OC[C@H]2OC(=O)CS(C)(C)CC#C. The van der Waals surface area contributed by atoms with Crippen molar-refractivity contribution in [3.05, 3.63) is 0 Å². The lowest BCUT2D eigenvalue weighted by molar-refractivity contribution is -0.152. The maximum atomic E-state index is 12.3. The maximum Gasteiger partial charge on any atom is 0.314 e. The first-order valence-corrected chi connectivity index (χ1v) is 14.5. The maximum absolute atomic E-state index is 12.3. The van der Waals surface area contributed by atoms with E-state index in [0.717, 1.165) is 0 Å². The summed E-state index contributed by atoms with van der Waals surface area (Å²) in [6.45, 7) is 0.460. The highest BCUT2D eigenvalue weighted by atomic mass is 32.3. The van der Waals surface area contributed by atoms with E-state index in [1.807, 2.05) is 25.0 Å². The summed E-state index contributed by atoms with van der Waals surface area (Å²) in [6, 6.07) is 0. The molecule has 8 heteroatoms. The van der Waals surface area contributed by atoms with Crippen LogP contribution in [0.3, 0.4) is 0 Å². The third-order valence-corrected chi connectivity index (χ3v) is 8.42. The molecular weight excluding hydrogens is 400 g/mol. The Kier molecular flexibility index (Phi) is 7.75. The molecule has 0 unspecified atom stereocenters. The molecule has 2 aliphatic heterocycles. The molecule has 2 rings (SSSR count).